The first-order valence-electron chi connectivity index (χ1n) is 19.0. The molecule has 0 aliphatic carbocycles. The normalized spacial score (nSPS) is 14.1. The Balaban J connectivity index is 1.63. The zero-order chi connectivity index (χ0) is 37.1. The molecular formula is C49H50N4. The third-order valence-electron chi connectivity index (χ3n) is 10.3. The molecule has 6 aromatic carbocycles. The molecule has 4 heteroatoms. The van der Waals surface area contributed by atoms with Crippen LogP contribution in [0.25, 0.3) is 0 Å². The van der Waals surface area contributed by atoms with E-state index in [-0.39, 0.29) is 17.8 Å². The Morgan fingerprint density at radius 3 is 1.62 bits per heavy atom. The smallest absolute Gasteiger partial charge is 0.160 e. The highest BCUT2D eigenvalue weighted by atomic mass is 15.7. The van der Waals surface area contributed by atoms with Crippen LogP contribution < -0.4 is 10.0 Å². The highest BCUT2D eigenvalue weighted by Crippen LogP contribution is 2.43. The maximum absolute atomic E-state index is 5.82. The van der Waals surface area contributed by atoms with Gasteiger partial charge in [0.2, 0.25) is 0 Å². The summed E-state index contributed by atoms with van der Waals surface area (Å²) in [7, 11) is 0. The molecule has 1 heterocycles. The second kappa shape index (κ2) is 15.5. The van der Waals surface area contributed by atoms with Crippen LogP contribution in [0.15, 0.2) is 162 Å². The van der Waals surface area contributed by atoms with E-state index in [1.165, 1.54) is 27.8 Å². The lowest BCUT2D eigenvalue weighted by Gasteiger charge is -2.39. The lowest BCUT2D eigenvalue weighted by Crippen LogP contribution is -2.51. The first-order chi connectivity index (χ1) is 25.7. The van der Waals surface area contributed by atoms with E-state index in [1.807, 2.05) is 0 Å². The van der Waals surface area contributed by atoms with Gasteiger partial charge in [0.15, 0.2) is 11.7 Å². The van der Waals surface area contributed by atoms with Gasteiger partial charge in [0, 0.05) is 17.0 Å². The quantitative estimate of drug-likeness (QED) is 0.0946. The first kappa shape index (κ1) is 35.7. The van der Waals surface area contributed by atoms with Crippen LogP contribution in [0.4, 0.5) is 22.7 Å². The van der Waals surface area contributed by atoms with Gasteiger partial charge in [-0.15, -0.1) is 0 Å². The number of hydrogen-bond donors (Lipinski definition) is 0. The van der Waals surface area contributed by atoms with Crippen molar-refractivity contribution in [1.29, 1.82) is 0 Å². The van der Waals surface area contributed by atoms with Crippen molar-refractivity contribution in [3.05, 3.63) is 191 Å². The number of nitrogens with zero attached hydrogens (tertiary/aromatic N) is 4. The van der Waals surface area contributed by atoms with E-state index >= 15 is 0 Å². The number of hydrazine groups is 1. The number of hydrogen-bond acceptors (Lipinski definition) is 3. The molecule has 1 aliphatic heterocycles. The third-order valence-corrected chi connectivity index (χ3v) is 10.3. The summed E-state index contributed by atoms with van der Waals surface area (Å²) in [5.74, 6) is 2.65. The molecule has 0 saturated carbocycles. The van der Waals surface area contributed by atoms with E-state index in [2.05, 4.69) is 210 Å². The van der Waals surface area contributed by atoms with Gasteiger partial charge < -0.3 is 0 Å². The molecule has 6 aromatic rings. The summed E-state index contributed by atoms with van der Waals surface area (Å²) in [6.07, 6.45) is 0. The van der Waals surface area contributed by atoms with Crippen LogP contribution in [0.2, 0.25) is 0 Å². The molecule has 266 valence electrons. The van der Waals surface area contributed by atoms with Crippen LogP contribution in [0, 0.1) is 0 Å². The van der Waals surface area contributed by atoms with Crippen LogP contribution >= 0.6 is 0 Å². The standard InChI is InChI=1S/C49H50N4/c1-33(2)40-29-19-30-41(34(3)4)46(40)50-48(37-21-11-8-12-22-37)52(38-23-13-9-14-24-38)53(39-25-15-10-16-26-39)49-45-28-18-17-27-43(45)36(7)44-32-20-31-42(35(5)6)47(44)51-49/h8-36H,1-7H3/b50-48+. The fraction of sp³-hybridized carbons (Fsp3) is 0.224. The van der Waals surface area contributed by atoms with Crippen LogP contribution in [-0.2, 0) is 0 Å². The molecule has 0 amide bonds. The molecule has 1 atom stereocenters. The largest absolute Gasteiger partial charge is 0.229 e. The zero-order valence-corrected chi connectivity index (χ0v) is 32.0. The average Bonchev–Trinajstić information content (AvgIpc) is 3.31. The summed E-state index contributed by atoms with van der Waals surface area (Å²) in [4.78, 5) is 11.6. The van der Waals surface area contributed by atoms with E-state index in [9.17, 15) is 0 Å². The van der Waals surface area contributed by atoms with Crippen LogP contribution in [0.3, 0.4) is 0 Å². The molecular weight excluding hydrogens is 645 g/mol. The molecule has 1 aliphatic rings. The number of anilines is 2. The summed E-state index contributed by atoms with van der Waals surface area (Å²) < 4.78 is 0. The molecule has 7 rings (SSSR count). The molecule has 4 nitrogen and oxygen atoms in total. The predicted molar refractivity (Wildman–Crippen MR) is 226 cm³/mol. The molecule has 0 spiro atoms. The van der Waals surface area contributed by atoms with E-state index in [1.54, 1.807) is 0 Å². The molecule has 0 saturated heterocycles. The highest BCUT2D eigenvalue weighted by molar-refractivity contribution is 6.22. The fourth-order valence-electron chi connectivity index (χ4n) is 7.47. The summed E-state index contributed by atoms with van der Waals surface area (Å²) >= 11 is 0. The number of aliphatic imine (C=N–C) groups is 2. The number of fused-ring (bicyclic) bond motifs is 2. The van der Waals surface area contributed by atoms with Gasteiger partial charge >= 0.3 is 0 Å². The second-order valence-electron chi connectivity index (χ2n) is 14.9. The molecule has 1 unspecified atom stereocenters. The lowest BCUT2D eigenvalue weighted by molar-refractivity contribution is 0.834. The van der Waals surface area contributed by atoms with E-state index in [0.29, 0.717) is 5.92 Å². The van der Waals surface area contributed by atoms with Crippen molar-refractivity contribution in [2.75, 3.05) is 10.0 Å². The van der Waals surface area contributed by atoms with Gasteiger partial charge in [-0.05, 0) is 69.8 Å². The van der Waals surface area contributed by atoms with Crippen molar-refractivity contribution in [2.24, 2.45) is 9.98 Å². The second-order valence-corrected chi connectivity index (χ2v) is 14.9. The predicted octanol–water partition coefficient (Wildman–Crippen LogP) is 13.3. The molecule has 0 aromatic heterocycles. The topological polar surface area (TPSA) is 31.2 Å². The summed E-state index contributed by atoms with van der Waals surface area (Å²) in [5.41, 5.74) is 12.3. The van der Waals surface area contributed by atoms with Crippen molar-refractivity contribution in [3.8, 4) is 0 Å². The Morgan fingerprint density at radius 2 is 1.02 bits per heavy atom. The average molecular weight is 695 g/mol. The Hall–Kier alpha value is -5.74. The molecule has 0 radical (unpaired) electrons. The van der Waals surface area contributed by atoms with Crippen molar-refractivity contribution in [3.63, 3.8) is 0 Å². The Bertz CT molecular complexity index is 2210. The monoisotopic (exact) mass is 694 g/mol. The fourth-order valence-corrected chi connectivity index (χ4v) is 7.47. The zero-order valence-electron chi connectivity index (χ0n) is 32.0. The third kappa shape index (κ3) is 7.06. The van der Waals surface area contributed by atoms with Crippen molar-refractivity contribution in [2.45, 2.75) is 72.1 Å². The minimum absolute atomic E-state index is 0.137. The maximum Gasteiger partial charge on any atom is 0.160 e. The lowest BCUT2D eigenvalue weighted by atomic mass is 9.87. The number of amidine groups is 2. The van der Waals surface area contributed by atoms with Crippen molar-refractivity contribution in [1.82, 2.24) is 0 Å². The van der Waals surface area contributed by atoms with Crippen LogP contribution in [0.5, 0.6) is 0 Å². The minimum Gasteiger partial charge on any atom is -0.229 e. The SMILES string of the molecule is CC(C)c1cccc2c1N=C(N(c1ccccc1)N(/C(=N/c1c(C(C)C)cccc1C(C)C)c1ccccc1)c1ccccc1)c1ccccc1C2C. The molecule has 0 fully saturated rings. The van der Waals surface area contributed by atoms with Crippen LogP contribution in [0.1, 0.15) is 111 Å². The maximum atomic E-state index is 5.82. The van der Waals surface area contributed by atoms with Gasteiger partial charge in [0.1, 0.15) is 0 Å². The number of rotatable bonds is 7. The van der Waals surface area contributed by atoms with Crippen molar-refractivity contribution < 1.29 is 0 Å². The molecule has 53 heavy (non-hydrogen) atoms. The van der Waals surface area contributed by atoms with Gasteiger partial charge in [-0.2, -0.15) is 0 Å². The van der Waals surface area contributed by atoms with Crippen LogP contribution in [-0.4, -0.2) is 11.7 Å². The Morgan fingerprint density at radius 1 is 0.528 bits per heavy atom. The summed E-state index contributed by atoms with van der Waals surface area (Å²) in [6.45, 7) is 15.9. The Kier molecular flexibility index (Phi) is 10.4. The number of para-hydroxylation sites is 4. The van der Waals surface area contributed by atoms with Gasteiger partial charge in [-0.1, -0.05) is 176 Å². The van der Waals surface area contributed by atoms with Gasteiger partial charge in [0.05, 0.1) is 22.7 Å². The van der Waals surface area contributed by atoms with Crippen molar-refractivity contribution >= 4 is 34.4 Å². The first-order valence-corrected chi connectivity index (χ1v) is 19.0. The van der Waals surface area contributed by atoms with Gasteiger partial charge in [0.25, 0.3) is 0 Å². The van der Waals surface area contributed by atoms with E-state index in [0.717, 1.165) is 45.5 Å². The summed E-state index contributed by atoms with van der Waals surface area (Å²) in [5, 5.41) is 4.58. The Labute approximate surface area is 316 Å². The summed E-state index contributed by atoms with van der Waals surface area (Å²) in [6, 6.07) is 54.0. The minimum atomic E-state index is 0.137. The van der Waals surface area contributed by atoms with E-state index < -0.39 is 0 Å². The highest BCUT2D eigenvalue weighted by Gasteiger charge is 2.34. The van der Waals surface area contributed by atoms with E-state index in [4.69, 9.17) is 9.98 Å². The van der Waals surface area contributed by atoms with Gasteiger partial charge in [-0.3, -0.25) is 0 Å². The molecule has 0 bridgehead atoms. The van der Waals surface area contributed by atoms with Gasteiger partial charge in [-0.25, -0.2) is 20.0 Å². The number of benzene rings is 6. The molecule has 0 N–H and O–H groups in total.